The molecule has 0 aliphatic rings. The molecular formula is C48H84O6. The van der Waals surface area contributed by atoms with Gasteiger partial charge in [0.15, 0.2) is 6.10 Å². The first-order chi connectivity index (χ1) is 26.5. The Kier molecular flexibility index (Phi) is 41.0. The highest BCUT2D eigenvalue weighted by Gasteiger charge is 2.19. The molecule has 54 heavy (non-hydrogen) atoms. The van der Waals surface area contributed by atoms with Gasteiger partial charge in [0.2, 0.25) is 0 Å². The van der Waals surface area contributed by atoms with Crippen LogP contribution in [-0.2, 0) is 28.6 Å². The van der Waals surface area contributed by atoms with E-state index in [1.807, 2.05) is 0 Å². The van der Waals surface area contributed by atoms with E-state index in [9.17, 15) is 14.4 Å². The van der Waals surface area contributed by atoms with Crippen LogP contribution in [0.1, 0.15) is 220 Å². The van der Waals surface area contributed by atoms with E-state index in [0.717, 1.165) is 77.0 Å². The molecule has 6 heteroatoms. The van der Waals surface area contributed by atoms with E-state index >= 15 is 0 Å². The molecule has 0 aromatic carbocycles. The van der Waals surface area contributed by atoms with Gasteiger partial charge in [0.1, 0.15) is 13.2 Å². The first-order valence-electron chi connectivity index (χ1n) is 22.7. The van der Waals surface area contributed by atoms with Gasteiger partial charge < -0.3 is 14.2 Å². The molecule has 0 spiro atoms. The van der Waals surface area contributed by atoms with Gasteiger partial charge in [0.05, 0.1) is 0 Å². The maximum absolute atomic E-state index is 12.7. The van der Waals surface area contributed by atoms with Crippen molar-refractivity contribution in [1.29, 1.82) is 0 Å². The van der Waals surface area contributed by atoms with Crippen molar-refractivity contribution >= 4 is 17.9 Å². The molecule has 0 radical (unpaired) electrons. The number of allylic oxidation sites excluding steroid dienone is 8. The number of carbonyl (C=O) groups excluding carboxylic acids is 3. The van der Waals surface area contributed by atoms with Gasteiger partial charge in [-0.15, -0.1) is 0 Å². The number of carbonyl (C=O) groups is 3. The second-order valence-electron chi connectivity index (χ2n) is 15.0. The van der Waals surface area contributed by atoms with Crippen molar-refractivity contribution in [3.8, 4) is 0 Å². The minimum Gasteiger partial charge on any atom is -0.462 e. The van der Waals surface area contributed by atoms with Gasteiger partial charge in [-0.25, -0.2) is 0 Å². The summed E-state index contributed by atoms with van der Waals surface area (Å²) in [5, 5.41) is 0. The fourth-order valence-electron chi connectivity index (χ4n) is 6.11. The average molecular weight is 757 g/mol. The zero-order chi connectivity index (χ0) is 39.4. The number of hydrogen-bond acceptors (Lipinski definition) is 6. The number of ether oxygens (including phenoxy) is 3. The Labute approximate surface area is 333 Å². The van der Waals surface area contributed by atoms with Crippen molar-refractivity contribution in [2.45, 2.75) is 226 Å². The van der Waals surface area contributed by atoms with Crippen molar-refractivity contribution in [3.05, 3.63) is 48.6 Å². The summed E-state index contributed by atoms with van der Waals surface area (Å²) >= 11 is 0. The molecule has 0 aromatic rings. The molecule has 0 aromatic heterocycles. The highest BCUT2D eigenvalue weighted by atomic mass is 16.6. The van der Waals surface area contributed by atoms with E-state index in [-0.39, 0.29) is 31.1 Å². The van der Waals surface area contributed by atoms with E-state index < -0.39 is 6.10 Å². The van der Waals surface area contributed by atoms with Crippen molar-refractivity contribution in [3.63, 3.8) is 0 Å². The van der Waals surface area contributed by atoms with Crippen LogP contribution in [0.15, 0.2) is 48.6 Å². The van der Waals surface area contributed by atoms with Crippen molar-refractivity contribution < 1.29 is 28.6 Å². The Morgan fingerprint density at radius 2 is 0.667 bits per heavy atom. The van der Waals surface area contributed by atoms with Crippen molar-refractivity contribution in [2.75, 3.05) is 13.2 Å². The molecule has 0 heterocycles. The summed E-state index contributed by atoms with van der Waals surface area (Å²) in [6, 6.07) is 0. The Hall–Kier alpha value is -2.63. The lowest BCUT2D eigenvalue weighted by atomic mass is 10.1. The number of esters is 3. The topological polar surface area (TPSA) is 78.9 Å². The Morgan fingerprint density at radius 1 is 0.370 bits per heavy atom. The molecule has 0 rings (SSSR count). The first-order valence-corrected chi connectivity index (χ1v) is 22.7. The highest BCUT2D eigenvalue weighted by Crippen LogP contribution is 2.13. The molecule has 1 unspecified atom stereocenters. The molecule has 0 amide bonds. The average Bonchev–Trinajstić information content (AvgIpc) is 3.17. The zero-order valence-corrected chi connectivity index (χ0v) is 35.5. The summed E-state index contributed by atoms with van der Waals surface area (Å²) in [4.78, 5) is 37.7. The largest absolute Gasteiger partial charge is 0.462 e. The van der Waals surface area contributed by atoms with Crippen LogP contribution in [0.4, 0.5) is 0 Å². The van der Waals surface area contributed by atoms with Crippen LogP contribution in [0.3, 0.4) is 0 Å². The molecule has 312 valence electrons. The van der Waals surface area contributed by atoms with E-state index in [2.05, 4.69) is 69.4 Å². The summed E-state index contributed by atoms with van der Waals surface area (Å²) in [7, 11) is 0. The zero-order valence-electron chi connectivity index (χ0n) is 35.5. The van der Waals surface area contributed by atoms with Crippen LogP contribution in [-0.4, -0.2) is 37.2 Å². The van der Waals surface area contributed by atoms with E-state index in [0.29, 0.717) is 19.3 Å². The van der Waals surface area contributed by atoms with Gasteiger partial charge >= 0.3 is 17.9 Å². The van der Waals surface area contributed by atoms with Gasteiger partial charge in [-0.1, -0.05) is 185 Å². The molecule has 0 aliphatic heterocycles. The molecule has 6 nitrogen and oxygen atoms in total. The monoisotopic (exact) mass is 757 g/mol. The molecule has 0 fully saturated rings. The Balaban J connectivity index is 4.40. The number of hydrogen-bond donors (Lipinski definition) is 0. The summed E-state index contributed by atoms with van der Waals surface area (Å²) in [5.74, 6) is -0.930. The molecule has 0 bridgehead atoms. The van der Waals surface area contributed by atoms with Crippen LogP contribution < -0.4 is 0 Å². The highest BCUT2D eigenvalue weighted by molar-refractivity contribution is 5.71. The lowest BCUT2D eigenvalue weighted by Gasteiger charge is -2.18. The van der Waals surface area contributed by atoms with Crippen LogP contribution in [0.2, 0.25) is 0 Å². The third-order valence-corrected chi connectivity index (χ3v) is 9.61. The van der Waals surface area contributed by atoms with E-state index in [1.165, 1.54) is 103 Å². The predicted molar refractivity (Wildman–Crippen MR) is 229 cm³/mol. The summed E-state index contributed by atoms with van der Waals surface area (Å²) < 4.78 is 16.6. The quantitative estimate of drug-likeness (QED) is 0.0268. The van der Waals surface area contributed by atoms with Gasteiger partial charge in [0.25, 0.3) is 0 Å². The third kappa shape index (κ3) is 40.6. The molecule has 0 N–H and O–H groups in total. The fraction of sp³-hybridized carbons (Fsp3) is 0.771. The smallest absolute Gasteiger partial charge is 0.306 e. The Bertz CT molecular complexity index is 964. The van der Waals surface area contributed by atoms with Crippen molar-refractivity contribution in [2.24, 2.45) is 0 Å². The third-order valence-electron chi connectivity index (χ3n) is 9.61. The Morgan fingerprint density at radius 3 is 1.09 bits per heavy atom. The van der Waals surface area contributed by atoms with Gasteiger partial charge in [-0.2, -0.15) is 0 Å². The van der Waals surface area contributed by atoms with Gasteiger partial charge in [-0.3, -0.25) is 14.4 Å². The van der Waals surface area contributed by atoms with Crippen molar-refractivity contribution in [1.82, 2.24) is 0 Å². The lowest BCUT2D eigenvalue weighted by Crippen LogP contribution is -2.30. The standard InChI is InChI=1S/C48H84O6/c1-4-7-10-13-16-19-22-23-24-25-27-29-32-35-38-41-47(50)53-44-45(43-52-46(49)40-37-34-31-28-21-18-15-12-9-6-3)54-48(51)42-39-36-33-30-26-20-17-14-11-8-5-2/h14,16-17,19-20,22-23,26,45H,4-13,15,18,21,24-25,27-44H2,1-3H3/b17-14-,19-16-,23-22-,26-20-. The predicted octanol–water partition coefficient (Wildman–Crippen LogP) is 14.4. The van der Waals surface area contributed by atoms with E-state index in [4.69, 9.17) is 14.2 Å². The van der Waals surface area contributed by atoms with E-state index in [1.54, 1.807) is 0 Å². The van der Waals surface area contributed by atoms with Crippen LogP contribution in [0.5, 0.6) is 0 Å². The maximum atomic E-state index is 12.7. The molecule has 0 saturated carbocycles. The number of unbranched alkanes of at least 4 members (excludes halogenated alkanes) is 23. The van der Waals surface area contributed by atoms with Gasteiger partial charge in [0, 0.05) is 19.3 Å². The SMILES string of the molecule is CCCC/C=C\C=C/CCCCCC(=O)OC(COC(=O)CCCCCCCC/C=C\C=C/CCCCC)COC(=O)CCCCCCCCCCCC. The summed E-state index contributed by atoms with van der Waals surface area (Å²) in [6.45, 7) is 6.50. The lowest BCUT2D eigenvalue weighted by molar-refractivity contribution is -0.167. The van der Waals surface area contributed by atoms with Crippen LogP contribution in [0.25, 0.3) is 0 Å². The number of rotatable bonds is 40. The normalized spacial score (nSPS) is 12.4. The summed E-state index contributed by atoms with van der Waals surface area (Å²) in [6.07, 6.45) is 49.5. The second-order valence-corrected chi connectivity index (χ2v) is 15.0. The maximum Gasteiger partial charge on any atom is 0.306 e. The first kappa shape index (κ1) is 51.4. The van der Waals surface area contributed by atoms with Gasteiger partial charge in [-0.05, 0) is 64.2 Å². The molecule has 1 atom stereocenters. The fourth-order valence-corrected chi connectivity index (χ4v) is 6.11. The summed E-state index contributed by atoms with van der Waals surface area (Å²) in [5.41, 5.74) is 0. The van der Waals surface area contributed by atoms with Crippen LogP contribution in [0, 0.1) is 0 Å². The second kappa shape index (κ2) is 43.1. The molecular weight excluding hydrogens is 673 g/mol. The minimum atomic E-state index is -0.786. The minimum absolute atomic E-state index is 0.0867. The molecule has 0 aliphatic carbocycles. The molecule has 0 saturated heterocycles. The van der Waals surface area contributed by atoms with Crippen LogP contribution >= 0.6 is 0 Å².